The van der Waals surface area contributed by atoms with E-state index in [1.54, 1.807) is 35.2 Å². The van der Waals surface area contributed by atoms with E-state index in [9.17, 15) is 18.0 Å². The summed E-state index contributed by atoms with van der Waals surface area (Å²) in [4.78, 5) is 25.5. The van der Waals surface area contributed by atoms with Crippen molar-refractivity contribution >= 4 is 32.7 Å². The molecule has 1 aromatic carbocycles. The Bertz CT molecular complexity index is 1320. The molecule has 0 radical (unpaired) electrons. The van der Waals surface area contributed by atoms with Gasteiger partial charge >= 0.3 is 11.6 Å². The summed E-state index contributed by atoms with van der Waals surface area (Å²) in [6, 6.07) is 11.1. The molecular formula is C25H31N2O7S+. The van der Waals surface area contributed by atoms with Gasteiger partial charge in [0, 0.05) is 60.8 Å². The van der Waals surface area contributed by atoms with Crippen LogP contribution in [0, 0.1) is 0 Å². The quantitative estimate of drug-likeness (QED) is 0.157. The number of unbranched alkanes of at least 4 members (excludes halogenated alkanes) is 2. The fourth-order valence-corrected chi connectivity index (χ4v) is 4.43. The van der Waals surface area contributed by atoms with Crippen LogP contribution >= 0.6 is 0 Å². The van der Waals surface area contributed by atoms with Crippen LogP contribution in [0.3, 0.4) is 0 Å². The minimum atomic E-state index is -3.98. The van der Waals surface area contributed by atoms with E-state index in [-0.39, 0.29) is 18.6 Å². The first-order valence-electron chi connectivity index (χ1n) is 11.7. The third-order valence-corrected chi connectivity index (χ3v) is 6.61. The molecule has 0 saturated heterocycles. The number of nitrogens with zero attached hydrogens (tertiary/aromatic N) is 2. The van der Waals surface area contributed by atoms with Crippen molar-refractivity contribution in [2.24, 2.45) is 0 Å². The summed E-state index contributed by atoms with van der Waals surface area (Å²) >= 11 is 0. The lowest BCUT2D eigenvalue weighted by Crippen LogP contribution is -2.33. The summed E-state index contributed by atoms with van der Waals surface area (Å²) in [5.74, 6) is -1.08. The maximum Gasteiger partial charge on any atom is 0.344 e. The summed E-state index contributed by atoms with van der Waals surface area (Å²) in [5.41, 5.74) is 2.11. The molecule has 10 heteroatoms. The molecular weight excluding hydrogens is 472 g/mol. The van der Waals surface area contributed by atoms with Gasteiger partial charge in [-0.1, -0.05) is 6.42 Å². The van der Waals surface area contributed by atoms with Crippen molar-refractivity contribution in [3.8, 4) is 11.1 Å². The molecule has 0 amide bonds. The predicted molar refractivity (Wildman–Crippen MR) is 133 cm³/mol. The van der Waals surface area contributed by atoms with Gasteiger partial charge in [0.1, 0.15) is 12.1 Å². The van der Waals surface area contributed by atoms with Gasteiger partial charge in [-0.3, -0.25) is 9.35 Å². The Morgan fingerprint density at radius 3 is 2.46 bits per heavy atom. The second-order valence-corrected chi connectivity index (χ2v) is 9.99. The van der Waals surface area contributed by atoms with Gasteiger partial charge in [0.2, 0.25) is 0 Å². The molecule has 0 aliphatic heterocycles. The molecule has 188 valence electrons. The fourth-order valence-electron chi connectivity index (χ4n) is 3.94. The van der Waals surface area contributed by atoms with E-state index in [0.717, 1.165) is 37.0 Å². The van der Waals surface area contributed by atoms with Crippen LogP contribution < -0.4 is 15.1 Å². The molecule has 0 bridgehead atoms. The highest BCUT2D eigenvalue weighted by molar-refractivity contribution is 7.85. The van der Waals surface area contributed by atoms with Crippen LogP contribution in [0.15, 0.2) is 58.0 Å². The van der Waals surface area contributed by atoms with Gasteiger partial charge in [0.05, 0.1) is 11.3 Å². The number of hydrogen-bond acceptors (Lipinski definition) is 6. The van der Waals surface area contributed by atoms with Crippen LogP contribution in [0.25, 0.3) is 22.1 Å². The van der Waals surface area contributed by atoms with E-state index in [2.05, 4.69) is 4.90 Å². The average molecular weight is 504 g/mol. The summed E-state index contributed by atoms with van der Waals surface area (Å²) < 4.78 is 38.0. The van der Waals surface area contributed by atoms with Gasteiger partial charge in [-0.05, 0) is 38.0 Å². The number of anilines is 1. The number of aromatic nitrogens is 1. The maximum absolute atomic E-state index is 12.7. The molecule has 0 unspecified atom stereocenters. The number of carboxylic acids is 1. The highest BCUT2D eigenvalue weighted by atomic mass is 32.2. The number of aryl methyl sites for hydroxylation is 1. The molecule has 0 spiro atoms. The zero-order valence-electron chi connectivity index (χ0n) is 19.7. The Hall–Kier alpha value is -3.24. The van der Waals surface area contributed by atoms with Gasteiger partial charge in [0.25, 0.3) is 10.1 Å². The topological polar surface area (TPSA) is 129 Å². The van der Waals surface area contributed by atoms with E-state index in [1.807, 2.05) is 25.1 Å². The normalized spacial score (nSPS) is 11.6. The molecule has 3 rings (SSSR count). The number of fused-ring (bicyclic) bond motifs is 1. The number of hydrogen-bond donors (Lipinski definition) is 2. The Kier molecular flexibility index (Phi) is 9.00. The van der Waals surface area contributed by atoms with Crippen LogP contribution in [0.4, 0.5) is 5.69 Å². The Balaban J connectivity index is 1.71. The molecule has 2 N–H and O–H groups in total. The van der Waals surface area contributed by atoms with Crippen molar-refractivity contribution in [3.05, 3.63) is 59.2 Å². The van der Waals surface area contributed by atoms with E-state index in [1.165, 1.54) is 0 Å². The highest BCUT2D eigenvalue weighted by Crippen LogP contribution is 2.25. The van der Waals surface area contributed by atoms with Crippen molar-refractivity contribution in [1.82, 2.24) is 0 Å². The molecule has 2 aromatic heterocycles. The van der Waals surface area contributed by atoms with Crippen LogP contribution in [-0.2, 0) is 21.5 Å². The largest absolute Gasteiger partial charge is 0.481 e. The molecule has 3 aromatic rings. The highest BCUT2D eigenvalue weighted by Gasteiger charge is 2.13. The number of carbonyl (C=O) groups is 1. The van der Waals surface area contributed by atoms with Crippen LogP contribution in [0.5, 0.6) is 0 Å². The summed E-state index contributed by atoms with van der Waals surface area (Å²) in [6.45, 7) is 4.03. The fraction of sp³-hybridized carbons (Fsp3) is 0.400. The first kappa shape index (κ1) is 26.4. The second kappa shape index (κ2) is 11.9. The molecule has 0 atom stereocenters. The van der Waals surface area contributed by atoms with Crippen molar-refractivity contribution in [3.63, 3.8) is 0 Å². The summed E-state index contributed by atoms with van der Waals surface area (Å²) in [5, 5.41) is 9.55. The number of pyridine rings is 1. The molecule has 2 heterocycles. The summed E-state index contributed by atoms with van der Waals surface area (Å²) in [7, 11) is -3.98. The minimum absolute atomic E-state index is 0.186. The Labute approximate surface area is 204 Å². The third-order valence-electron chi connectivity index (χ3n) is 5.81. The van der Waals surface area contributed by atoms with Crippen molar-refractivity contribution in [2.75, 3.05) is 23.7 Å². The molecule has 0 fully saturated rings. The average Bonchev–Trinajstić information content (AvgIpc) is 2.80. The molecule has 0 aliphatic rings. The third kappa shape index (κ3) is 7.90. The van der Waals surface area contributed by atoms with Gasteiger partial charge in [-0.2, -0.15) is 8.42 Å². The number of aliphatic carboxylic acids is 1. The van der Waals surface area contributed by atoms with Gasteiger partial charge in [0.15, 0.2) is 12.4 Å². The van der Waals surface area contributed by atoms with Gasteiger partial charge in [-0.25, -0.2) is 9.36 Å². The lowest BCUT2D eigenvalue weighted by atomic mass is 10.1. The zero-order valence-corrected chi connectivity index (χ0v) is 20.5. The smallest absolute Gasteiger partial charge is 0.344 e. The van der Waals surface area contributed by atoms with Gasteiger partial charge in [-0.15, -0.1) is 0 Å². The second-order valence-electron chi connectivity index (χ2n) is 8.42. The van der Waals surface area contributed by atoms with E-state index in [4.69, 9.17) is 14.1 Å². The number of carboxylic acid groups (broad SMARTS) is 1. The van der Waals surface area contributed by atoms with E-state index in [0.29, 0.717) is 29.7 Å². The summed E-state index contributed by atoms with van der Waals surface area (Å²) in [6.07, 6.45) is 6.35. The number of benzene rings is 1. The first-order valence-corrected chi connectivity index (χ1v) is 13.3. The van der Waals surface area contributed by atoms with Crippen LogP contribution in [0.2, 0.25) is 0 Å². The minimum Gasteiger partial charge on any atom is -0.481 e. The van der Waals surface area contributed by atoms with Crippen LogP contribution in [-0.4, -0.2) is 42.9 Å². The maximum atomic E-state index is 12.7. The van der Waals surface area contributed by atoms with Gasteiger partial charge < -0.3 is 14.4 Å². The predicted octanol–water partition coefficient (Wildman–Crippen LogP) is 3.50. The molecule has 0 saturated carbocycles. The lowest BCUT2D eigenvalue weighted by molar-refractivity contribution is -0.696. The van der Waals surface area contributed by atoms with E-state index >= 15 is 0 Å². The first-order chi connectivity index (χ1) is 16.7. The monoisotopic (exact) mass is 503 g/mol. The molecule has 35 heavy (non-hydrogen) atoms. The van der Waals surface area contributed by atoms with Crippen molar-refractivity contribution in [2.45, 2.75) is 45.6 Å². The van der Waals surface area contributed by atoms with E-state index < -0.39 is 21.7 Å². The van der Waals surface area contributed by atoms with Crippen molar-refractivity contribution in [1.29, 1.82) is 0 Å². The Morgan fingerprint density at radius 2 is 1.80 bits per heavy atom. The van der Waals surface area contributed by atoms with Crippen molar-refractivity contribution < 1.29 is 31.9 Å². The number of rotatable bonds is 13. The SMILES string of the molecule is CCN(CCCCCC(=O)O)c1ccc2cc(-c3cc[n+](CCCS(=O)(=O)O)cc3)c(=O)oc2c1. The standard InChI is InChI=1S/C25H30N2O7S/c1-2-27(13-5-3-4-7-24(28)29)21-9-8-20-17-22(25(30)34-23(20)18-21)19-10-14-26(15-11-19)12-6-16-35(31,32)33/h8-11,14-15,17-18H,2-7,12-13,16H2,1H3,(H-,28,29,31,32,33)/p+1. The zero-order chi connectivity index (χ0) is 25.4. The molecule has 0 aliphatic carbocycles. The lowest BCUT2D eigenvalue weighted by Gasteiger charge is -2.23. The Morgan fingerprint density at radius 1 is 1.06 bits per heavy atom. The van der Waals surface area contributed by atoms with Crippen LogP contribution in [0.1, 0.15) is 39.0 Å². The molecule has 9 nitrogen and oxygen atoms in total.